The summed E-state index contributed by atoms with van der Waals surface area (Å²) in [7, 11) is 0. The minimum atomic E-state index is 0. The summed E-state index contributed by atoms with van der Waals surface area (Å²) >= 11 is 2.60. The van der Waals surface area contributed by atoms with Crippen LogP contribution >= 0.6 is 0 Å². The van der Waals surface area contributed by atoms with Crippen molar-refractivity contribution in [1.29, 1.82) is 0 Å². The monoisotopic (exact) mass is 1150 g/mol. The molecule has 74 heavy (non-hydrogen) atoms. The van der Waals surface area contributed by atoms with Crippen molar-refractivity contribution in [2.75, 3.05) is 0 Å². The molecule has 0 fully saturated rings. The summed E-state index contributed by atoms with van der Waals surface area (Å²) in [6.45, 7) is 17.4. The minimum Gasteiger partial charge on any atom is -1.00 e. The van der Waals surface area contributed by atoms with Crippen molar-refractivity contribution in [3.63, 3.8) is 0 Å². The average Bonchev–Trinajstić information content (AvgIpc) is 4.23. The normalized spacial score (nSPS) is 10.2. The third-order valence-electron chi connectivity index (χ3n) is 13.2. The second kappa shape index (κ2) is 28.3. The van der Waals surface area contributed by atoms with E-state index in [0.29, 0.717) is 0 Å². The van der Waals surface area contributed by atoms with Crippen LogP contribution in [0.15, 0.2) is 218 Å². The van der Waals surface area contributed by atoms with Crippen LogP contribution in [0, 0.1) is 55.4 Å². The molecule has 12 rings (SSSR count). The van der Waals surface area contributed by atoms with Gasteiger partial charge >= 0.3 is 56.9 Å². The molecule has 0 unspecified atom stereocenters. The predicted molar refractivity (Wildman–Crippen MR) is 312 cm³/mol. The van der Waals surface area contributed by atoms with Crippen molar-refractivity contribution in [3.05, 3.63) is 263 Å². The van der Waals surface area contributed by atoms with Gasteiger partial charge in [-0.1, -0.05) is 212 Å². The zero-order chi connectivity index (χ0) is 51.3. The summed E-state index contributed by atoms with van der Waals surface area (Å²) in [5.74, 6) is 0. The summed E-state index contributed by atoms with van der Waals surface area (Å²) in [5, 5.41) is 11.0. The van der Waals surface area contributed by atoms with Crippen LogP contribution in [0.4, 0.5) is 0 Å². The molecule has 0 radical (unpaired) electrons. The summed E-state index contributed by atoms with van der Waals surface area (Å²) in [6, 6.07) is 78.3. The third-order valence-corrected chi connectivity index (χ3v) is 13.2. The van der Waals surface area contributed by atoms with Crippen LogP contribution in [0.1, 0.15) is 44.5 Å². The Morgan fingerprint density at radius 3 is 0.622 bits per heavy atom. The van der Waals surface area contributed by atoms with Gasteiger partial charge < -0.3 is 24.8 Å². The van der Waals surface area contributed by atoms with E-state index >= 15 is 0 Å². The van der Waals surface area contributed by atoms with E-state index < -0.39 is 0 Å². The van der Waals surface area contributed by atoms with E-state index in [0.717, 1.165) is 0 Å². The third kappa shape index (κ3) is 14.0. The Morgan fingerprint density at radius 1 is 0.270 bits per heavy atom. The van der Waals surface area contributed by atoms with E-state index in [2.05, 4.69) is 282 Å². The predicted octanol–water partition coefficient (Wildman–Crippen LogP) is 13.3. The number of hydrogen-bond donors (Lipinski definition) is 0. The molecular weight excluding hydrogens is 1090 g/mol. The molecule has 12 aromatic rings. The Labute approximate surface area is 483 Å². The van der Waals surface area contributed by atoms with E-state index in [1.807, 2.05) is 0 Å². The SMILES string of the molecule is Cc1cc(C)c2c(-c3ccccc3)c[cH-]c2c1.Cc1cc(C)c2c(-c3ccccc3)c[cH-]c2c1.Cc1cc(C)c2c(-c3ccccc3)c[cH-]c2c1.Cc1cc(C)c2c(-c3ccccc3)c[cH-]c2c1.[CH2]=[Zr+2].[CH2]=[Zr+2].[Cl-].[Cl-]. The Morgan fingerprint density at radius 2 is 0.446 bits per heavy atom. The molecule has 0 nitrogen and oxygen atoms in total. The Kier molecular flexibility index (Phi) is 22.6. The number of benzene rings is 8. The maximum absolute atomic E-state index is 3.34. The van der Waals surface area contributed by atoms with Gasteiger partial charge in [0.05, 0.1) is 0 Å². The molecule has 4 heteroatoms. The van der Waals surface area contributed by atoms with Crippen molar-refractivity contribution >= 4 is 51.5 Å². The fraction of sp³-hybridized carbons (Fsp3) is 0.114. The van der Waals surface area contributed by atoms with Gasteiger partial charge in [-0.15, -0.1) is 138 Å². The van der Waals surface area contributed by atoms with E-state index in [4.69, 9.17) is 0 Å². The van der Waals surface area contributed by atoms with Gasteiger partial charge in [-0.05, 0) is 55.4 Å². The van der Waals surface area contributed by atoms with Gasteiger partial charge in [-0.3, -0.25) is 0 Å². The number of fused-ring (bicyclic) bond motifs is 4. The fourth-order valence-corrected chi connectivity index (χ4v) is 10.5. The molecule has 0 atom stereocenters. The first-order valence-electron chi connectivity index (χ1n) is 24.6. The van der Waals surface area contributed by atoms with Gasteiger partial charge in [-0.25, -0.2) is 0 Å². The van der Waals surface area contributed by atoms with Crippen LogP contribution < -0.4 is 24.8 Å². The number of rotatable bonds is 4. The van der Waals surface area contributed by atoms with Crippen molar-refractivity contribution < 1.29 is 73.3 Å². The van der Waals surface area contributed by atoms with E-state index in [1.165, 1.54) is 181 Å². The van der Waals surface area contributed by atoms with Gasteiger partial charge in [-0.2, -0.15) is 0 Å². The van der Waals surface area contributed by atoms with Crippen LogP contribution in [0.25, 0.3) is 87.6 Å². The van der Waals surface area contributed by atoms with Crippen LogP contribution in [0.5, 0.6) is 0 Å². The Bertz CT molecular complexity index is 3180. The maximum atomic E-state index is 3.34. The molecule has 0 saturated carbocycles. The van der Waals surface area contributed by atoms with Crippen molar-refractivity contribution in [2.24, 2.45) is 0 Å². The molecule has 0 aliphatic rings. The molecule has 0 aromatic heterocycles. The molecule has 0 bridgehead atoms. The van der Waals surface area contributed by atoms with E-state index in [1.54, 1.807) is 0 Å². The number of hydrogen-bond acceptors (Lipinski definition) is 0. The zero-order valence-corrected chi connectivity index (χ0v) is 50.4. The fourth-order valence-electron chi connectivity index (χ4n) is 10.5. The van der Waals surface area contributed by atoms with Gasteiger partial charge in [0.25, 0.3) is 0 Å². The summed E-state index contributed by atoms with van der Waals surface area (Å²) in [4.78, 5) is 0. The van der Waals surface area contributed by atoms with Crippen molar-refractivity contribution in [2.45, 2.75) is 55.4 Å². The van der Waals surface area contributed by atoms with Crippen LogP contribution in [-0.4, -0.2) is 8.42 Å². The minimum absolute atomic E-state index is 0. The molecule has 0 N–H and O–H groups in total. The molecule has 0 aliphatic heterocycles. The quantitative estimate of drug-likeness (QED) is 0.154. The second-order valence-corrected chi connectivity index (χ2v) is 18.6. The first-order valence-corrected chi connectivity index (χ1v) is 28.1. The molecule has 0 saturated heterocycles. The van der Waals surface area contributed by atoms with E-state index in [9.17, 15) is 0 Å². The molecule has 12 aromatic carbocycles. The maximum Gasteiger partial charge on any atom is -1.00 e. The van der Waals surface area contributed by atoms with Gasteiger partial charge in [0.2, 0.25) is 0 Å². The summed E-state index contributed by atoms with van der Waals surface area (Å²) in [5.41, 5.74) is 21.4. The summed E-state index contributed by atoms with van der Waals surface area (Å²) in [6.07, 6.45) is 0. The first-order chi connectivity index (χ1) is 35.0. The van der Waals surface area contributed by atoms with E-state index in [-0.39, 0.29) is 24.8 Å². The first kappa shape index (κ1) is 59.2. The molecule has 368 valence electrons. The van der Waals surface area contributed by atoms with Crippen LogP contribution in [-0.2, 0) is 48.5 Å². The van der Waals surface area contributed by atoms with Gasteiger partial charge in [0.15, 0.2) is 0 Å². The smallest absolute Gasteiger partial charge is 1.00 e. The van der Waals surface area contributed by atoms with Gasteiger partial charge in [0.1, 0.15) is 0 Å². The average molecular weight is 1160 g/mol. The van der Waals surface area contributed by atoms with Gasteiger partial charge in [0, 0.05) is 0 Å². The van der Waals surface area contributed by atoms with Crippen molar-refractivity contribution in [1.82, 2.24) is 0 Å². The summed E-state index contributed by atoms with van der Waals surface area (Å²) < 4.78 is 6.68. The largest absolute Gasteiger partial charge is 1.00 e. The Balaban J connectivity index is 0.000000177. The molecule has 0 amide bonds. The standard InChI is InChI=1S/4C17H15.2CH2.2ClH.2Zr/c4*1-12-10-13(2)17-15(11-12)8-9-16(17)14-6-4-3-5-7-14;;;;;;/h4*3-11H,1-2H3;2*1H2;2*1H;;/q4*-1;;;;;2*+2/p-2. The van der Waals surface area contributed by atoms with Crippen molar-refractivity contribution in [3.8, 4) is 44.5 Å². The number of halogens is 2. The number of aryl methyl sites for hydroxylation is 8. The molecular formula is C70H64Cl2Zr2-2. The van der Waals surface area contributed by atoms with Crippen LogP contribution in [0.3, 0.4) is 0 Å². The molecule has 0 spiro atoms. The Hall–Kier alpha value is -5.71. The second-order valence-electron chi connectivity index (χ2n) is 18.6. The zero-order valence-electron chi connectivity index (χ0n) is 44.0. The van der Waals surface area contributed by atoms with Crippen LogP contribution in [0.2, 0.25) is 0 Å². The topological polar surface area (TPSA) is 0 Å². The molecule has 0 aliphatic carbocycles. The molecule has 0 heterocycles.